The molecule has 1 N–H and O–H groups in total. The lowest BCUT2D eigenvalue weighted by Gasteiger charge is -2.37. The average Bonchev–Trinajstić information content (AvgIpc) is 3.00. The van der Waals surface area contributed by atoms with Crippen molar-refractivity contribution in [3.8, 4) is 0 Å². The molecular formula is C15H25N5O. The zero-order valence-electron chi connectivity index (χ0n) is 12.8. The van der Waals surface area contributed by atoms with E-state index in [0.29, 0.717) is 6.04 Å². The SMILES string of the molecule is COCCNCc1cnc(N2CCN3CCCC3C2)nc1. The van der Waals surface area contributed by atoms with Gasteiger partial charge in [0.2, 0.25) is 5.95 Å². The molecule has 116 valence electrons. The molecule has 21 heavy (non-hydrogen) atoms. The van der Waals surface area contributed by atoms with Crippen LogP contribution in [0.15, 0.2) is 12.4 Å². The molecule has 1 aromatic heterocycles. The molecule has 2 aliphatic heterocycles. The van der Waals surface area contributed by atoms with E-state index in [1.807, 2.05) is 12.4 Å². The van der Waals surface area contributed by atoms with Crippen molar-refractivity contribution in [3.63, 3.8) is 0 Å². The minimum absolute atomic E-state index is 0.706. The highest BCUT2D eigenvalue weighted by molar-refractivity contribution is 5.31. The predicted octanol–water partition coefficient (Wildman–Crippen LogP) is 0.497. The molecule has 1 unspecified atom stereocenters. The van der Waals surface area contributed by atoms with E-state index < -0.39 is 0 Å². The van der Waals surface area contributed by atoms with Gasteiger partial charge in [-0.2, -0.15) is 0 Å². The quantitative estimate of drug-likeness (QED) is 0.770. The van der Waals surface area contributed by atoms with Gasteiger partial charge >= 0.3 is 0 Å². The van der Waals surface area contributed by atoms with E-state index in [1.165, 1.54) is 19.4 Å². The van der Waals surface area contributed by atoms with E-state index in [4.69, 9.17) is 4.74 Å². The smallest absolute Gasteiger partial charge is 0.225 e. The van der Waals surface area contributed by atoms with Gasteiger partial charge in [-0.3, -0.25) is 4.90 Å². The zero-order valence-corrected chi connectivity index (χ0v) is 12.8. The van der Waals surface area contributed by atoms with Crippen LogP contribution < -0.4 is 10.2 Å². The second-order valence-electron chi connectivity index (χ2n) is 5.84. The first kappa shape index (κ1) is 14.7. The van der Waals surface area contributed by atoms with Crippen LogP contribution in [0.1, 0.15) is 18.4 Å². The highest BCUT2D eigenvalue weighted by atomic mass is 16.5. The summed E-state index contributed by atoms with van der Waals surface area (Å²) in [7, 11) is 1.71. The van der Waals surface area contributed by atoms with Crippen LogP contribution in [0.5, 0.6) is 0 Å². The van der Waals surface area contributed by atoms with Crippen molar-refractivity contribution in [2.75, 3.05) is 51.3 Å². The van der Waals surface area contributed by atoms with Gasteiger partial charge in [-0.15, -0.1) is 0 Å². The molecule has 2 saturated heterocycles. The molecule has 6 heteroatoms. The van der Waals surface area contributed by atoms with Crippen molar-refractivity contribution < 1.29 is 4.74 Å². The largest absolute Gasteiger partial charge is 0.383 e. The maximum Gasteiger partial charge on any atom is 0.225 e. The van der Waals surface area contributed by atoms with Gasteiger partial charge in [-0.25, -0.2) is 9.97 Å². The first-order chi connectivity index (χ1) is 10.4. The molecule has 1 aromatic rings. The maximum absolute atomic E-state index is 5.01. The molecule has 0 amide bonds. The lowest BCUT2D eigenvalue weighted by atomic mass is 10.1. The van der Waals surface area contributed by atoms with E-state index in [-0.39, 0.29) is 0 Å². The van der Waals surface area contributed by atoms with E-state index in [0.717, 1.165) is 50.8 Å². The minimum atomic E-state index is 0.706. The first-order valence-corrected chi connectivity index (χ1v) is 7.86. The summed E-state index contributed by atoms with van der Waals surface area (Å²) in [5.41, 5.74) is 1.12. The fraction of sp³-hybridized carbons (Fsp3) is 0.733. The number of anilines is 1. The number of nitrogens with zero attached hydrogens (tertiary/aromatic N) is 4. The Kier molecular flexibility index (Phi) is 5.00. The van der Waals surface area contributed by atoms with Crippen molar-refractivity contribution in [1.82, 2.24) is 20.2 Å². The highest BCUT2D eigenvalue weighted by Gasteiger charge is 2.31. The molecular weight excluding hydrogens is 266 g/mol. The normalized spacial score (nSPS) is 22.5. The van der Waals surface area contributed by atoms with Gasteiger partial charge in [0.1, 0.15) is 0 Å². The van der Waals surface area contributed by atoms with Crippen LogP contribution in [0, 0.1) is 0 Å². The standard InChI is InChI=1S/C15H25N5O/c1-21-8-4-16-9-13-10-17-15(18-11-13)20-7-6-19-5-2-3-14(19)12-20/h10-11,14,16H,2-9,12H2,1H3. The molecule has 6 nitrogen and oxygen atoms in total. The second-order valence-corrected chi connectivity index (χ2v) is 5.84. The van der Waals surface area contributed by atoms with Gasteiger partial charge in [0.15, 0.2) is 0 Å². The summed E-state index contributed by atoms with van der Waals surface area (Å²) < 4.78 is 5.01. The molecule has 2 aliphatic rings. The minimum Gasteiger partial charge on any atom is -0.383 e. The Labute approximate surface area is 126 Å². The summed E-state index contributed by atoms with van der Waals surface area (Å²) in [4.78, 5) is 14.0. The van der Waals surface area contributed by atoms with E-state index >= 15 is 0 Å². The summed E-state index contributed by atoms with van der Waals surface area (Å²) in [6, 6.07) is 0.706. The maximum atomic E-state index is 5.01. The van der Waals surface area contributed by atoms with Crippen LogP contribution in [0.25, 0.3) is 0 Å². The van der Waals surface area contributed by atoms with Gasteiger partial charge in [0.25, 0.3) is 0 Å². The Morgan fingerprint density at radius 3 is 2.95 bits per heavy atom. The number of piperazine rings is 1. The van der Waals surface area contributed by atoms with Crippen LogP contribution in [0.4, 0.5) is 5.95 Å². The van der Waals surface area contributed by atoms with E-state index in [9.17, 15) is 0 Å². The third-order valence-electron chi connectivity index (χ3n) is 4.37. The Hall–Kier alpha value is -1.24. The topological polar surface area (TPSA) is 53.5 Å². The van der Waals surface area contributed by atoms with Crippen LogP contribution in [0.3, 0.4) is 0 Å². The van der Waals surface area contributed by atoms with Gasteiger partial charge in [-0.1, -0.05) is 0 Å². The van der Waals surface area contributed by atoms with Crippen LogP contribution in [-0.4, -0.2) is 67.4 Å². The Morgan fingerprint density at radius 2 is 2.14 bits per heavy atom. The van der Waals surface area contributed by atoms with Gasteiger partial charge in [0.05, 0.1) is 6.61 Å². The van der Waals surface area contributed by atoms with E-state index in [2.05, 4.69) is 25.1 Å². The van der Waals surface area contributed by atoms with Gasteiger partial charge < -0.3 is 15.0 Å². The monoisotopic (exact) mass is 291 g/mol. The number of hydrogen-bond acceptors (Lipinski definition) is 6. The molecule has 1 atom stereocenters. The summed E-state index contributed by atoms with van der Waals surface area (Å²) in [6.45, 7) is 6.90. The molecule has 0 aliphatic carbocycles. The molecule has 3 heterocycles. The molecule has 0 bridgehead atoms. The second kappa shape index (κ2) is 7.15. The Morgan fingerprint density at radius 1 is 1.29 bits per heavy atom. The fourth-order valence-electron chi connectivity index (χ4n) is 3.18. The fourth-order valence-corrected chi connectivity index (χ4v) is 3.18. The summed E-state index contributed by atoms with van der Waals surface area (Å²) in [6.07, 6.45) is 6.52. The Balaban J connectivity index is 1.52. The number of hydrogen-bond donors (Lipinski definition) is 1. The van der Waals surface area contributed by atoms with Crippen molar-refractivity contribution in [1.29, 1.82) is 0 Å². The molecule has 3 rings (SSSR count). The molecule has 0 radical (unpaired) electrons. The van der Waals surface area contributed by atoms with E-state index in [1.54, 1.807) is 7.11 Å². The molecule has 2 fully saturated rings. The number of fused-ring (bicyclic) bond motifs is 1. The zero-order chi connectivity index (χ0) is 14.5. The van der Waals surface area contributed by atoms with Crippen LogP contribution >= 0.6 is 0 Å². The van der Waals surface area contributed by atoms with Crippen molar-refractivity contribution in [2.24, 2.45) is 0 Å². The predicted molar refractivity (Wildman–Crippen MR) is 82.4 cm³/mol. The lowest BCUT2D eigenvalue weighted by Crippen LogP contribution is -2.50. The van der Waals surface area contributed by atoms with Gasteiger partial charge in [0, 0.05) is 63.8 Å². The third kappa shape index (κ3) is 3.70. The number of nitrogens with one attached hydrogen (secondary N) is 1. The summed E-state index contributed by atoms with van der Waals surface area (Å²) >= 11 is 0. The van der Waals surface area contributed by atoms with Crippen molar-refractivity contribution in [3.05, 3.63) is 18.0 Å². The molecule has 0 spiro atoms. The van der Waals surface area contributed by atoms with Crippen molar-refractivity contribution in [2.45, 2.75) is 25.4 Å². The number of rotatable bonds is 6. The van der Waals surface area contributed by atoms with Gasteiger partial charge in [-0.05, 0) is 19.4 Å². The molecule has 0 aromatic carbocycles. The Bertz CT molecular complexity index is 438. The third-order valence-corrected chi connectivity index (χ3v) is 4.37. The number of methoxy groups -OCH3 is 1. The van der Waals surface area contributed by atoms with Crippen molar-refractivity contribution >= 4 is 5.95 Å². The number of aromatic nitrogens is 2. The first-order valence-electron chi connectivity index (χ1n) is 7.86. The van der Waals surface area contributed by atoms with Crippen LogP contribution in [0.2, 0.25) is 0 Å². The van der Waals surface area contributed by atoms with Crippen LogP contribution in [-0.2, 0) is 11.3 Å². The lowest BCUT2D eigenvalue weighted by molar-refractivity contribution is 0.199. The number of ether oxygens (including phenoxy) is 1. The average molecular weight is 291 g/mol. The summed E-state index contributed by atoms with van der Waals surface area (Å²) in [5, 5.41) is 3.31. The summed E-state index contributed by atoms with van der Waals surface area (Å²) in [5.74, 6) is 0.877. The highest BCUT2D eigenvalue weighted by Crippen LogP contribution is 2.23. The molecule has 0 saturated carbocycles.